The maximum absolute atomic E-state index is 13.2. The van der Waals surface area contributed by atoms with Crippen LogP contribution in [0.25, 0.3) is 0 Å². The van der Waals surface area contributed by atoms with Crippen molar-refractivity contribution >= 4 is 16.3 Å². The fourth-order valence-electron chi connectivity index (χ4n) is 11.0. The van der Waals surface area contributed by atoms with Crippen molar-refractivity contribution in [2.45, 2.75) is 378 Å². The molecule has 0 saturated carbocycles. The predicted octanol–water partition coefficient (Wildman–Crippen LogP) is 16.6. The molecule has 12 nitrogen and oxygen atoms in total. The molecule has 0 radical (unpaired) electrons. The molecule has 1 saturated heterocycles. The monoisotopic (exact) mass is 1120 g/mol. The number of nitrogens with one attached hydrogen (secondary N) is 1. The van der Waals surface area contributed by atoms with E-state index in [0.717, 1.165) is 38.5 Å². The summed E-state index contributed by atoms with van der Waals surface area (Å²) in [6.45, 7) is 3.46. The van der Waals surface area contributed by atoms with Crippen molar-refractivity contribution in [2.24, 2.45) is 0 Å². The Labute approximate surface area is 474 Å². The van der Waals surface area contributed by atoms with Crippen LogP contribution in [0.2, 0.25) is 0 Å². The third kappa shape index (κ3) is 46.1. The van der Waals surface area contributed by atoms with Crippen LogP contribution in [0.5, 0.6) is 0 Å². The van der Waals surface area contributed by atoms with Crippen molar-refractivity contribution in [3.8, 4) is 0 Å². The lowest BCUT2D eigenvalue weighted by Crippen LogP contribution is -2.61. The Morgan fingerprint density at radius 3 is 1.13 bits per heavy atom. The Balaban J connectivity index is 2.24. The van der Waals surface area contributed by atoms with Crippen LogP contribution in [-0.2, 0) is 28.9 Å². The van der Waals surface area contributed by atoms with Crippen LogP contribution in [0.4, 0.5) is 0 Å². The van der Waals surface area contributed by atoms with Crippen molar-refractivity contribution in [1.29, 1.82) is 0 Å². The summed E-state index contributed by atoms with van der Waals surface area (Å²) in [5.41, 5.74) is 0. The third-order valence-electron chi connectivity index (χ3n) is 16.1. The van der Waals surface area contributed by atoms with E-state index < -0.39 is 59.9 Å². The fraction of sp³-hybridized carbons (Fsp3) is 0.953. The number of ether oxygens (including phenoxy) is 2. The Kier molecular flexibility index (Phi) is 51.9. The summed E-state index contributed by atoms with van der Waals surface area (Å²) >= 11 is 0. The zero-order valence-electron chi connectivity index (χ0n) is 50.1. The van der Waals surface area contributed by atoms with Crippen molar-refractivity contribution in [1.82, 2.24) is 5.32 Å². The van der Waals surface area contributed by atoms with Crippen LogP contribution in [0.15, 0.2) is 12.2 Å². The highest BCUT2D eigenvalue weighted by Gasteiger charge is 2.48. The first-order chi connectivity index (χ1) is 37.5. The SMILES string of the molecule is CCCCCCCCCCCCCCCCCCC/C=C/C(O)C(COC1OC(CO)C(O)C(OS(=O)(=O)O)C1O)NC(=O)CCCCCCCCCCCCCCCCCCCCCCCCCCCCCCCCC. The topological polar surface area (TPSA) is 192 Å². The highest BCUT2D eigenvalue weighted by Crippen LogP contribution is 2.26. The summed E-state index contributed by atoms with van der Waals surface area (Å²) in [6.07, 6.45) is 58.5. The Morgan fingerprint density at radius 1 is 0.506 bits per heavy atom. The van der Waals surface area contributed by atoms with E-state index in [-0.39, 0.29) is 18.9 Å². The van der Waals surface area contributed by atoms with Gasteiger partial charge in [-0.2, -0.15) is 8.42 Å². The van der Waals surface area contributed by atoms with Gasteiger partial charge in [0.25, 0.3) is 0 Å². The lowest BCUT2D eigenvalue weighted by molar-refractivity contribution is -0.298. The van der Waals surface area contributed by atoms with Crippen molar-refractivity contribution < 1.29 is 51.8 Å². The summed E-state index contributed by atoms with van der Waals surface area (Å²) in [7, 11) is -5.09. The standard InChI is InChI=1S/C64H125NO11S/c1-3-5-7-9-11-13-15-17-19-21-23-24-25-26-27-28-29-30-31-32-33-34-36-38-40-42-44-46-48-50-52-54-60(68)65-57(56-74-64-62(70)63(76-77(71,72)73)61(69)59(55-66)75-64)58(67)53-51-49-47-45-43-41-39-37-35-22-20-18-16-14-12-10-8-6-4-2/h51,53,57-59,61-64,66-67,69-70H,3-50,52,54-56H2,1-2H3,(H,65,68)(H,71,72,73)/b53-51+. The fourth-order valence-corrected chi connectivity index (χ4v) is 11.5. The van der Waals surface area contributed by atoms with Crippen LogP contribution < -0.4 is 5.32 Å². The summed E-state index contributed by atoms with van der Waals surface area (Å²) in [5.74, 6) is -0.254. The van der Waals surface area contributed by atoms with E-state index in [4.69, 9.17) is 9.47 Å². The largest absolute Gasteiger partial charge is 0.397 e. The molecule has 6 N–H and O–H groups in total. The zero-order chi connectivity index (χ0) is 56.1. The number of carbonyl (C=O) groups excluding carboxylic acids is 1. The smallest absolute Gasteiger partial charge is 0.394 e. The summed E-state index contributed by atoms with van der Waals surface area (Å²) in [4.78, 5) is 13.2. The molecule has 1 fully saturated rings. The maximum atomic E-state index is 13.2. The quantitative estimate of drug-likeness (QED) is 0.0193. The number of aliphatic hydroxyl groups excluding tert-OH is 4. The summed E-state index contributed by atoms with van der Waals surface area (Å²) in [5, 5.41) is 45.1. The highest BCUT2D eigenvalue weighted by molar-refractivity contribution is 7.80. The minimum absolute atomic E-state index is 0.254. The lowest BCUT2D eigenvalue weighted by atomic mass is 9.99. The first-order valence-corrected chi connectivity index (χ1v) is 34.4. The molecule has 77 heavy (non-hydrogen) atoms. The highest BCUT2D eigenvalue weighted by atomic mass is 32.3. The van der Waals surface area contributed by atoms with Gasteiger partial charge in [0.05, 0.1) is 25.4 Å². The van der Waals surface area contributed by atoms with Crippen LogP contribution >= 0.6 is 0 Å². The molecule has 13 heteroatoms. The summed E-state index contributed by atoms with van der Waals surface area (Å²) < 4.78 is 48.0. The second kappa shape index (κ2) is 54.1. The third-order valence-corrected chi connectivity index (χ3v) is 16.5. The molecule has 1 heterocycles. The van der Waals surface area contributed by atoms with Crippen molar-refractivity contribution in [3.05, 3.63) is 12.2 Å². The van der Waals surface area contributed by atoms with E-state index in [2.05, 4.69) is 23.3 Å². The normalized spacial score (nSPS) is 18.9. The van der Waals surface area contributed by atoms with Gasteiger partial charge in [0.1, 0.15) is 24.4 Å². The Morgan fingerprint density at radius 2 is 0.818 bits per heavy atom. The van der Waals surface area contributed by atoms with Crippen LogP contribution in [-0.4, -0.2) is 95.4 Å². The van der Waals surface area contributed by atoms with Crippen LogP contribution in [0.1, 0.15) is 335 Å². The van der Waals surface area contributed by atoms with E-state index in [0.29, 0.717) is 6.42 Å². The number of hydrogen-bond acceptors (Lipinski definition) is 10. The molecule has 0 aromatic carbocycles. The first-order valence-electron chi connectivity index (χ1n) is 33.1. The number of hydrogen-bond donors (Lipinski definition) is 6. The zero-order valence-corrected chi connectivity index (χ0v) is 50.9. The molecule has 7 unspecified atom stereocenters. The molecular weight excluding hydrogens is 991 g/mol. The molecule has 458 valence electrons. The number of amides is 1. The van der Waals surface area contributed by atoms with Gasteiger partial charge in [-0.15, -0.1) is 0 Å². The number of carbonyl (C=O) groups is 1. The summed E-state index contributed by atoms with van der Waals surface area (Å²) in [6, 6.07) is -0.941. The van der Waals surface area contributed by atoms with Gasteiger partial charge in [0.15, 0.2) is 6.29 Å². The molecule has 0 aromatic rings. The van der Waals surface area contributed by atoms with E-state index in [1.54, 1.807) is 6.08 Å². The van der Waals surface area contributed by atoms with E-state index in [1.807, 2.05) is 6.08 Å². The molecule has 1 rings (SSSR count). The minimum Gasteiger partial charge on any atom is -0.394 e. The predicted molar refractivity (Wildman–Crippen MR) is 319 cm³/mol. The van der Waals surface area contributed by atoms with Crippen LogP contribution in [0.3, 0.4) is 0 Å². The first kappa shape index (κ1) is 73.9. The van der Waals surface area contributed by atoms with Gasteiger partial charge in [-0.05, 0) is 19.3 Å². The average Bonchev–Trinajstić information content (AvgIpc) is 3.41. The number of allylic oxidation sites excluding steroid dienone is 1. The maximum Gasteiger partial charge on any atom is 0.397 e. The van der Waals surface area contributed by atoms with Gasteiger partial charge in [-0.3, -0.25) is 9.35 Å². The number of rotatable bonds is 59. The van der Waals surface area contributed by atoms with Gasteiger partial charge >= 0.3 is 10.4 Å². The number of unbranched alkanes of at least 4 members (excludes halogenated alkanes) is 47. The van der Waals surface area contributed by atoms with Gasteiger partial charge in [-0.1, -0.05) is 321 Å². The van der Waals surface area contributed by atoms with E-state index in [1.165, 1.54) is 270 Å². The van der Waals surface area contributed by atoms with Crippen molar-refractivity contribution in [2.75, 3.05) is 13.2 Å². The molecule has 0 spiro atoms. The van der Waals surface area contributed by atoms with Crippen molar-refractivity contribution in [3.63, 3.8) is 0 Å². The van der Waals surface area contributed by atoms with Gasteiger partial charge in [-0.25, -0.2) is 4.18 Å². The second-order valence-electron chi connectivity index (χ2n) is 23.4. The minimum atomic E-state index is -5.09. The Hall–Kier alpha value is -1.16. The lowest BCUT2D eigenvalue weighted by Gasteiger charge is -2.41. The molecule has 1 aliphatic heterocycles. The Bertz CT molecular complexity index is 1400. The molecule has 0 aromatic heterocycles. The molecular formula is C64H125NO11S. The molecule has 1 aliphatic rings. The molecule has 0 bridgehead atoms. The molecule has 7 atom stereocenters. The molecule has 0 aliphatic carbocycles. The van der Waals surface area contributed by atoms with Crippen LogP contribution in [0, 0.1) is 0 Å². The molecule has 1 amide bonds. The second-order valence-corrected chi connectivity index (χ2v) is 24.5. The van der Waals surface area contributed by atoms with Gasteiger partial charge < -0.3 is 35.2 Å². The number of aliphatic hydroxyl groups is 4. The van der Waals surface area contributed by atoms with E-state index in [9.17, 15) is 38.2 Å². The average molecular weight is 1120 g/mol. The van der Waals surface area contributed by atoms with Gasteiger partial charge in [0.2, 0.25) is 5.91 Å². The van der Waals surface area contributed by atoms with E-state index >= 15 is 0 Å². The van der Waals surface area contributed by atoms with Gasteiger partial charge in [0, 0.05) is 6.42 Å².